The first-order valence-corrected chi connectivity index (χ1v) is 8.27. The highest BCUT2D eigenvalue weighted by Gasteiger charge is 2.18. The number of hydrogen-bond acceptors (Lipinski definition) is 1. The quantitative estimate of drug-likeness (QED) is 0.574. The molecule has 1 nitrogen and oxygen atoms in total. The van der Waals surface area contributed by atoms with Gasteiger partial charge in [0.15, 0.2) is 0 Å². The number of aromatic nitrogens is 1. The molecule has 3 aromatic rings. The van der Waals surface area contributed by atoms with E-state index in [1.54, 1.807) is 0 Å². The lowest BCUT2D eigenvalue weighted by Crippen LogP contribution is -1.95. The highest BCUT2D eigenvalue weighted by atomic mass is 14.7. The summed E-state index contributed by atoms with van der Waals surface area (Å²) in [6, 6.07) is 17.6. The van der Waals surface area contributed by atoms with Crippen LogP contribution < -0.4 is 0 Å². The summed E-state index contributed by atoms with van der Waals surface area (Å²) in [6.45, 7) is 2.20. The number of rotatable bonds is 2. The Morgan fingerprint density at radius 1 is 0.955 bits per heavy atom. The summed E-state index contributed by atoms with van der Waals surface area (Å²) in [5.74, 6) is 0.744. The molecule has 0 spiro atoms. The smallest absolute Gasteiger partial charge is 0.0780 e. The van der Waals surface area contributed by atoms with Crippen LogP contribution in [0.5, 0.6) is 0 Å². The van der Waals surface area contributed by atoms with Crippen LogP contribution in [0.25, 0.3) is 22.0 Å². The van der Waals surface area contributed by atoms with Crippen LogP contribution in [-0.2, 0) is 0 Å². The fourth-order valence-electron chi connectivity index (χ4n) is 3.79. The zero-order valence-corrected chi connectivity index (χ0v) is 13.0. The number of benzene rings is 2. The molecule has 0 unspecified atom stereocenters. The minimum absolute atomic E-state index is 0.744. The molecule has 1 heterocycles. The minimum atomic E-state index is 0.744. The summed E-state index contributed by atoms with van der Waals surface area (Å²) in [5, 5.41) is 2.50. The number of nitrogens with zero attached hydrogens (tertiary/aromatic N) is 1. The molecule has 4 rings (SSSR count). The number of hydrogen-bond donors (Lipinski definition) is 0. The summed E-state index contributed by atoms with van der Waals surface area (Å²) in [4.78, 5) is 4.69. The second-order valence-corrected chi connectivity index (χ2v) is 6.49. The van der Waals surface area contributed by atoms with E-state index in [9.17, 15) is 0 Å². The Morgan fingerprint density at radius 3 is 2.64 bits per heavy atom. The van der Waals surface area contributed by atoms with Crippen LogP contribution in [0.4, 0.5) is 0 Å². The molecular weight excluding hydrogens is 266 g/mol. The van der Waals surface area contributed by atoms with Gasteiger partial charge in [0.25, 0.3) is 0 Å². The molecule has 2 aromatic carbocycles. The highest BCUT2D eigenvalue weighted by Crippen LogP contribution is 2.37. The van der Waals surface area contributed by atoms with Crippen LogP contribution >= 0.6 is 0 Å². The van der Waals surface area contributed by atoms with E-state index in [4.69, 9.17) is 0 Å². The van der Waals surface area contributed by atoms with Gasteiger partial charge >= 0.3 is 0 Å². The van der Waals surface area contributed by atoms with Crippen molar-refractivity contribution in [2.24, 2.45) is 0 Å². The van der Waals surface area contributed by atoms with Gasteiger partial charge in [0.2, 0.25) is 0 Å². The van der Waals surface area contributed by atoms with E-state index in [0.29, 0.717) is 0 Å². The predicted octanol–water partition coefficient (Wildman–Crippen LogP) is 5.87. The Balaban J connectivity index is 1.87. The van der Waals surface area contributed by atoms with E-state index in [1.165, 1.54) is 53.1 Å². The summed E-state index contributed by atoms with van der Waals surface area (Å²) in [5.41, 5.74) is 5.22. The summed E-state index contributed by atoms with van der Waals surface area (Å²) in [7, 11) is 0. The van der Waals surface area contributed by atoms with Crippen molar-refractivity contribution in [1.29, 1.82) is 0 Å². The van der Waals surface area contributed by atoms with Gasteiger partial charge in [-0.1, -0.05) is 48.7 Å². The topological polar surface area (TPSA) is 12.9 Å². The highest BCUT2D eigenvalue weighted by molar-refractivity contribution is 5.94. The molecule has 0 bridgehead atoms. The molecule has 0 amide bonds. The largest absolute Gasteiger partial charge is 0.256 e. The van der Waals surface area contributed by atoms with Crippen molar-refractivity contribution in [1.82, 2.24) is 4.98 Å². The van der Waals surface area contributed by atoms with E-state index in [1.807, 2.05) is 6.20 Å². The van der Waals surface area contributed by atoms with Gasteiger partial charge in [0, 0.05) is 17.1 Å². The normalized spacial score (nSPS) is 15.5. The first kappa shape index (κ1) is 13.5. The van der Waals surface area contributed by atoms with Gasteiger partial charge < -0.3 is 0 Å². The second kappa shape index (κ2) is 5.57. The molecule has 1 aliphatic rings. The zero-order chi connectivity index (χ0) is 14.9. The maximum Gasteiger partial charge on any atom is 0.0780 e. The van der Waals surface area contributed by atoms with Crippen molar-refractivity contribution in [2.75, 3.05) is 0 Å². The van der Waals surface area contributed by atoms with E-state index >= 15 is 0 Å². The fraction of sp³-hybridized carbons (Fsp3) is 0.286. The summed E-state index contributed by atoms with van der Waals surface area (Å²) < 4.78 is 0. The van der Waals surface area contributed by atoms with Crippen LogP contribution in [0.3, 0.4) is 0 Å². The minimum Gasteiger partial charge on any atom is -0.256 e. The average Bonchev–Trinajstić information content (AvgIpc) is 3.08. The lowest BCUT2D eigenvalue weighted by atomic mass is 9.92. The van der Waals surface area contributed by atoms with E-state index < -0.39 is 0 Å². The number of pyridine rings is 1. The molecule has 1 saturated carbocycles. The molecule has 1 heteroatoms. The number of fused-ring (bicyclic) bond motifs is 1. The summed E-state index contributed by atoms with van der Waals surface area (Å²) in [6.07, 6.45) is 7.36. The maximum atomic E-state index is 4.69. The molecule has 1 aliphatic carbocycles. The Bertz CT molecular complexity index is 808. The van der Waals surface area contributed by atoms with Crippen LogP contribution in [0, 0.1) is 6.92 Å². The van der Waals surface area contributed by atoms with Crippen molar-refractivity contribution >= 4 is 10.8 Å². The van der Waals surface area contributed by atoms with Gasteiger partial charge in [0.1, 0.15) is 0 Å². The lowest BCUT2D eigenvalue weighted by Gasteiger charge is -2.14. The maximum absolute atomic E-state index is 4.69. The second-order valence-electron chi connectivity index (χ2n) is 6.49. The predicted molar refractivity (Wildman–Crippen MR) is 93.1 cm³/mol. The van der Waals surface area contributed by atoms with Gasteiger partial charge in [-0.3, -0.25) is 4.98 Å². The fourth-order valence-corrected chi connectivity index (χ4v) is 3.79. The van der Waals surface area contributed by atoms with Crippen LogP contribution in [-0.4, -0.2) is 4.98 Å². The van der Waals surface area contributed by atoms with Gasteiger partial charge in [-0.15, -0.1) is 0 Å². The molecule has 0 saturated heterocycles. The Hall–Kier alpha value is -2.15. The van der Waals surface area contributed by atoms with Gasteiger partial charge in [0.05, 0.1) is 5.69 Å². The van der Waals surface area contributed by atoms with E-state index in [0.717, 1.165) is 11.6 Å². The van der Waals surface area contributed by atoms with Crippen molar-refractivity contribution in [3.63, 3.8) is 0 Å². The SMILES string of the molecule is Cc1cc(-c2nccc3ccccc23)cc(C2CCCC2)c1. The monoisotopic (exact) mass is 287 g/mol. The molecular formula is C21H21N. The van der Waals surface area contributed by atoms with Crippen LogP contribution in [0.1, 0.15) is 42.7 Å². The molecule has 1 fully saturated rings. The van der Waals surface area contributed by atoms with Gasteiger partial charge in [-0.05, 0) is 54.8 Å². The van der Waals surface area contributed by atoms with E-state index in [2.05, 4.69) is 60.4 Å². The van der Waals surface area contributed by atoms with Crippen molar-refractivity contribution in [3.8, 4) is 11.3 Å². The third-order valence-electron chi connectivity index (χ3n) is 4.87. The van der Waals surface area contributed by atoms with Crippen molar-refractivity contribution in [2.45, 2.75) is 38.5 Å². The standard InChI is InChI=1S/C21H21N/c1-15-12-18(16-6-2-3-7-16)14-19(13-15)21-20-9-5-4-8-17(20)10-11-22-21/h4-5,8-14,16H,2-3,6-7H2,1H3. The van der Waals surface area contributed by atoms with Crippen molar-refractivity contribution < 1.29 is 0 Å². The molecule has 110 valence electrons. The molecule has 0 aliphatic heterocycles. The van der Waals surface area contributed by atoms with Crippen LogP contribution in [0.2, 0.25) is 0 Å². The first-order valence-electron chi connectivity index (χ1n) is 8.27. The van der Waals surface area contributed by atoms with Crippen LogP contribution in [0.15, 0.2) is 54.7 Å². The first-order chi connectivity index (χ1) is 10.8. The molecule has 22 heavy (non-hydrogen) atoms. The third kappa shape index (κ3) is 2.41. The third-order valence-corrected chi connectivity index (χ3v) is 4.87. The van der Waals surface area contributed by atoms with E-state index in [-0.39, 0.29) is 0 Å². The average molecular weight is 287 g/mol. The Morgan fingerprint density at radius 2 is 1.77 bits per heavy atom. The Labute approximate surface area is 132 Å². The van der Waals surface area contributed by atoms with Crippen molar-refractivity contribution in [3.05, 3.63) is 65.9 Å². The zero-order valence-electron chi connectivity index (χ0n) is 13.0. The van der Waals surface area contributed by atoms with Gasteiger partial charge in [-0.2, -0.15) is 0 Å². The molecule has 0 radical (unpaired) electrons. The number of aryl methyl sites for hydroxylation is 1. The summed E-state index contributed by atoms with van der Waals surface area (Å²) >= 11 is 0. The lowest BCUT2D eigenvalue weighted by molar-refractivity contribution is 0.723. The Kier molecular flexibility index (Phi) is 3.42. The van der Waals surface area contributed by atoms with Gasteiger partial charge in [-0.25, -0.2) is 0 Å². The molecule has 1 aromatic heterocycles. The molecule has 0 N–H and O–H groups in total. The molecule has 0 atom stereocenters.